The lowest BCUT2D eigenvalue weighted by molar-refractivity contribution is -0.0662. The van der Waals surface area contributed by atoms with Crippen molar-refractivity contribution in [3.63, 3.8) is 0 Å². The second-order valence-electron chi connectivity index (χ2n) is 5.54. The fourth-order valence-corrected chi connectivity index (χ4v) is 2.11. The van der Waals surface area contributed by atoms with Crippen LogP contribution in [0.5, 0.6) is 5.75 Å². The van der Waals surface area contributed by atoms with E-state index in [1.807, 2.05) is 13.8 Å². The number of hydrogen-bond donors (Lipinski definition) is 1. The zero-order valence-corrected chi connectivity index (χ0v) is 13.4. The molecule has 4 nitrogen and oxygen atoms in total. The maximum atomic E-state index is 10.6. The summed E-state index contributed by atoms with van der Waals surface area (Å²) in [6, 6.07) is 6.99. The molecular weight excluding hydrogens is 311 g/mol. The molecule has 0 radical (unpaired) electrons. The van der Waals surface area contributed by atoms with Gasteiger partial charge in [-0.15, -0.1) is 11.6 Å². The fraction of sp³-hybridized carbons (Fsp3) is 0.400. The molecule has 2 rings (SSSR count). The van der Waals surface area contributed by atoms with Crippen LogP contribution in [0.4, 0.5) is 0 Å². The van der Waals surface area contributed by atoms with Crippen LogP contribution in [0.15, 0.2) is 43.0 Å². The molecule has 1 heterocycles. The highest BCUT2D eigenvalue weighted by Crippen LogP contribution is 2.32. The Hall–Kier alpha value is -1.23. The Morgan fingerprint density at radius 1 is 1.33 bits per heavy atom. The minimum atomic E-state index is -0.806. The molecule has 2 aromatic rings. The average molecular weight is 329 g/mol. The smallest absolute Gasteiger partial charge is 0.203 e. The number of benzene rings is 1. The third-order valence-corrected chi connectivity index (χ3v) is 4.25. The van der Waals surface area contributed by atoms with Gasteiger partial charge >= 0.3 is 0 Å². The van der Waals surface area contributed by atoms with Crippen molar-refractivity contribution >= 4 is 23.2 Å². The van der Waals surface area contributed by atoms with Crippen molar-refractivity contribution in [3.8, 4) is 5.75 Å². The normalized spacial score (nSPS) is 14.7. The summed E-state index contributed by atoms with van der Waals surface area (Å²) >= 11 is 11.8. The molecule has 1 N–H and O–H groups in total. The molecule has 2 unspecified atom stereocenters. The average Bonchev–Trinajstić information content (AvgIpc) is 3.00. The van der Waals surface area contributed by atoms with Gasteiger partial charge in [0.1, 0.15) is 11.9 Å². The number of aliphatic hydroxyl groups is 1. The van der Waals surface area contributed by atoms with Crippen LogP contribution in [0.25, 0.3) is 0 Å². The number of alkyl halides is 1. The summed E-state index contributed by atoms with van der Waals surface area (Å²) in [5, 5.41) is 11.3. The van der Waals surface area contributed by atoms with Crippen LogP contribution in [0.1, 0.15) is 20.1 Å². The molecule has 0 aliphatic carbocycles. The molecule has 0 fully saturated rings. The first kappa shape index (κ1) is 16.1. The second-order valence-corrected chi connectivity index (χ2v) is 6.24. The zero-order valence-electron chi connectivity index (χ0n) is 11.9. The monoisotopic (exact) mass is 328 g/mol. The molecule has 2 atom stereocenters. The Labute approximate surface area is 134 Å². The van der Waals surface area contributed by atoms with Gasteiger partial charge in [-0.1, -0.05) is 25.4 Å². The molecule has 0 spiro atoms. The number of imidazole rings is 1. The van der Waals surface area contributed by atoms with E-state index in [0.717, 1.165) is 0 Å². The molecule has 0 saturated carbocycles. The van der Waals surface area contributed by atoms with Gasteiger partial charge in [0.15, 0.2) is 0 Å². The van der Waals surface area contributed by atoms with Crippen molar-refractivity contribution in [1.82, 2.24) is 9.55 Å². The summed E-state index contributed by atoms with van der Waals surface area (Å²) in [6.07, 6.45) is 3.56. The molecule has 1 aromatic carbocycles. The van der Waals surface area contributed by atoms with Crippen molar-refractivity contribution in [2.45, 2.75) is 26.2 Å². The van der Waals surface area contributed by atoms with E-state index < -0.39 is 17.7 Å². The third kappa shape index (κ3) is 3.90. The Morgan fingerprint density at radius 3 is 2.52 bits per heavy atom. The molecule has 0 aliphatic rings. The van der Waals surface area contributed by atoms with Crippen molar-refractivity contribution in [2.24, 2.45) is 5.41 Å². The Morgan fingerprint density at radius 2 is 2.00 bits per heavy atom. The minimum absolute atomic E-state index is 0.309. The molecule has 0 amide bonds. The standard InChI is InChI=1S/C15H18Cl2N2O2/c1-15(2,9-16)13(20)14(19-8-7-18-10-19)21-12-5-3-11(17)4-6-12/h3-8,10,13-14,20H,9H2,1-2H3. The van der Waals surface area contributed by atoms with E-state index in [0.29, 0.717) is 16.7 Å². The van der Waals surface area contributed by atoms with E-state index in [4.69, 9.17) is 27.9 Å². The number of ether oxygens (including phenoxy) is 1. The largest absolute Gasteiger partial charge is 0.467 e. The van der Waals surface area contributed by atoms with Crippen molar-refractivity contribution in [2.75, 3.05) is 5.88 Å². The van der Waals surface area contributed by atoms with Gasteiger partial charge in [0, 0.05) is 28.7 Å². The number of aliphatic hydroxyl groups excluding tert-OH is 1. The van der Waals surface area contributed by atoms with E-state index in [2.05, 4.69) is 4.98 Å². The quantitative estimate of drug-likeness (QED) is 0.821. The number of aromatic nitrogens is 2. The molecular formula is C15H18Cl2N2O2. The molecule has 6 heteroatoms. The summed E-state index contributed by atoms with van der Waals surface area (Å²) in [6.45, 7) is 3.78. The van der Waals surface area contributed by atoms with E-state index in [1.165, 1.54) is 0 Å². The van der Waals surface area contributed by atoms with Gasteiger partial charge in [0.2, 0.25) is 6.23 Å². The zero-order chi connectivity index (χ0) is 15.5. The van der Waals surface area contributed by atoms with Crippen molar-refractivity contribution < 1.29 is 9.84 Å². The van der Waals surface area contributed by atoms with E-state index in [9.17, 15) is 5.11 Å². The predicted molar refractivity (Wildman–Crippen MR) is 83.9 cm³/mol. The molecule has 114 valence electrons. The maximum absolute atomic E-state index is 10.6. The Bertz CT molecular complexity index is 556. The van der Waals surface area contributed by atoms with Crippen molar-refractivity contribution in [1.29, 1.82) is 0 Å². The van der Waals surface area contributed by atoms with Crippen molar-refractivity contribution in [3.05, 3.63) is 48.0 Å². The van der Waals surface area contributed by atoms with Crippen LogP contribution in [0, 0.1) is 5.41 Å². The maximum Gasteiger partial charge on any atom is 0.203 e. The lowest BCUT2D eigenvalue weighted by atomic mass is 9.87. The summed E-state index contributed by atoms with van der Waals surface area (Å²) in [5.41, 5.74) is -0.511. The first-order valence-corrected chi connectivity index (χ1v) is 7.49. The Balaban J connectivity index is 2.27. The van der Waals surface area contributed by atoms with E-state index >= 15 is 0 Å². The summed E-state index contributed by atoms with van der Waals surface area (Å²) in [7, 11) is 0. The SMILES string of the molecule is CC(C)(CCl)C(O)C(Oc1ccc(Cl)cc1)n1ccnc1. The highest BCUT2D eigenvalue weighted by Gasteiger charge is 2.36. The highest BCUT2D eigenvalue weighted by atomic mass is 35.5. The Kier molecular flexibility index (Phi) is 5.14. The number of halogens is 2. The lowest BCUT2D eigenvalue weighted by Gasteiger charge is -2.34. The summed E-state index contributed by atoms with van der Waals surface area (Å²) in [5.74, 6) is 0.922. The van der Waals surface area contributed by atoms with Crippen LogP contribution in [0.3, 0.4) is 0 Å². The highest BCUT2D eigenvalue weighted by molar-refractivity contribution is 6.30. The molecule has 21 heavy (non-hydrogen) atoms. The van der Waals surface area contributed by atoms with Gasteiger partial charge in [-0.2, -0.15) is 0 Å². The lowest BCUT2D eigenvalue weighted by Crippen LogP contribution is -2.41. The predicted octanol–water partition coefficient (Wildman–Crippen LogP) is 3.74. The molecule has 1 aromatic heterocycles. The van der Waals surface area contributed by atoms with Crippen LogP contribution in [0.2, 0.25) is 5.02 Å². The van der Waals surface area contributed by atoms with Gasteiger partial charge in [-0.05, 0) is 24.3 Å². The molecule has 0 bridgehead atoms. The first-order valence-electron chi connectivity index (χ1n) is 6.58. The van der Waals surface area contributed by atoms with E-state index in [1.54, 1.807) is 47.6 Å². The molecule has 0 saturated heterocycles. The number of nitrogens with zero attached hydrogens (tertiary/aromatic N) is 2. The number of rotatable bonds is 6. The van der Waals surface area contributed by atoms with Gasteiger partial charge in [-0.25, -0.2) is 4.98 Å². The van der Waals surface area contributed by atoms with Crippen LogP contribution < -0.4 is 4.74 Å². The minimum Gasteiger partial charge on any atom is -0.467 e. The van der Waals surface area contributed by atoms with Gasteiger partial charge in [0.25, 0.3) is 0 Å². The van der Waals surface area contributed by atoms with Gasteiger partial charge in [-0.3, -0.25) is 4.57 Å². The topological polar surface area (TPSA) is 47.3 Å². The third-order valence-electron chi connectivity index (χ3n) is 3.30. The first-order chi connectivity index (χ1) is 9.94. The van der Waals surface area contributed by atoms with Crippen LogP contribution in [-0.2, 0) is 0 Å². The number of hydrogen-bond acceptors (Lipinski definition) is 3. The van der Waals surface area contributed by atoms with Gasteiger partial charge < -0.3 is 9.84 Å². The second kappa shape index (κ2) is 6.69. The van der Waals surface area contributed by atoms with E-state index in [-0.39, 0.29) is 0 Å². The van der Waals surface area contributed by atoms with Crippen LogP contribution in [-0.4, -0.2) is 26.6 Å². The van der Waals surface area contributed by atoms with Gasteiger partial charge in [0.05, 0.1) is 6.33 Å². The van der Waals surface area contributed by atoms with Crippen LogP contribution >= 0.6 is 23.2 Å². The summed E-state index contributed by atoms with van der Waals surface area (Å²) in [4.78, 5) is 4.01. The molecule has 0 aliphatic heterocycles. The fourth-order valence-electron chi connectivity index (χ4n) is 1.83. The summed E-state index contributed by atoms with van der Waals surface area (Å²) < 4.78 is 7.64.